The molecule has 0 saturated carbocycles. The summed E-state index contributed by atoms with van der Waals surface area (Å²) in [6.45, 7) is 1.75. The highest BCUT2D eigenvalue weighted by molar-refractivity contribution is 7.41. The van der Waals surface area contributed by atoms with Crippen LogP contribution in [0.15, 0.2) is 36.7 Å². The minimum absolute atomic E-state index is 0.0350. The normalized spacial score (nSPS) is 15.0. The van der Waals surface area contributed by atoms with Gasteiger partial charge in [-0.15, -0.1) is 5.11 Å². The fraction of sp³-hybridized carbons (Fsp3) is 0.346. The van der Waals surface area contributed by atoms with Crippen LogP contribution in [-0.2, 0) is 32.4 Å². The summed E-state index contributed by atoms with van der Waals surface area (Å²) in [4.78, 5) is 4.59. The van der Waals surface area contributed by atoms with Gasteiger partial charge in [-0.1, -0.05) is 11.6 Å². The molecule has 1 atom stereocenters. The predicted molar refractivity (Wildman–Crippen MR) is 171 cm³/mol. The van der Waals surface area contributed by atoms with Crippen molar-refractivity contribution in [2.24, 2.45) is 7.05 Å². The summed E-state index contributed by atoms with van der Waals surface area (Å²) >= 11 is 6.75. The Bertz CT molecular complexity index is 1680. The lowest BCUT2D eigenvalue weighted by Crippen LogP contribution is -2.49. The summed E-state index contributed by atoms with van der Waals surface area (Å²) < 4.78 is 39.8. The van der Waals surface area contributed by atoms with Crippen LogP contribution in [0, 0.1) is 5.82 Å². The molecule has 10 nitrogen and oxygen atoms in total. The summed E-state index contributed by atoms with van der Waals surface area (Å²) in [7, 11) is 34.0. The van der Waals surface area contributed by atoms with Crippen molar-refractivity contribution < 1.29 is 22.7 Å². The van der Waals surface area contributed by atoms with Gasteiger partial charge in [0.1, 0.15) is 18.7 Å². The second-order valence-electron chi connectivity index (χ2n) is 10.2. The van der Waals surface area contributed by atoms with E-state index in [1.165, 1.54) is 37.2 Å². The fourth-order valence-electron chi connectivity index (χ4n) is 4.88. The topological polar surface area (TPSA) is 97.5 Å². The van der Waals surface area contributed by atoms with E-state index in [2.05, 4.69) is 15.4 Å². The maximum absolute atomic E-state index is 14.6. The van der Waals surface area contributed by atoms with Crippen molar-refractivity contribution in [3.63, 3.8) is 0 Å². The molecule has 0 aliphatic carbocycles. The maximum atomic E-state index is 14.6. The second kappa shape index (κ2) is 12.6. The number of nitrogens with one attached hydrogen (secondary N) is 1. The summed E-state index contributed by atoms with van der Waals surface area (Å²) in [6, 6.07) is 6.12. The number of nitrogens with zero attached hydrogens (tertiary/aromatic N) is 5. The molecule has 0 amide bonds. The maximum Gasteiger partial charge on any atom is 0.333 e. The molecule has 0 unspecified atom stereocenters. The molecule has 1 aliphatic rings. The Morgan fingerprint density at radius 2 is 1.89 bits per heavy atom. The number of ether oxygens (including phenoxy) is 1. The Morgan fingerprint density at radius 3 is 2.57 bits per heavy atom. The number of halogens is 2. The highest BCUT2D eigenvalue weighted by Crippen LogP contribution is 2.43. The lowest BCUT2D eigenvalue weighted by Gasteiger charge is -2.43. The van der Waals surface area contributed by atoms with E-state index in [4.69, 9.17) is 74.2 Å². The fourth-order valence-corrected chi connectivity index (χ4v) is 5.64. The molecule has 1 aliphatic heterocycles. The van der Waals surface area contributed by atoms with Crippen molar-refractivity contribution in [1.82, 2.24) is 24.5 Å². The molecule has 0 spiro atoms. The Kier molecular flexibility index (Phi) is 9.32. The molecule has 3 aromatic heterocycles. The first-order valence-electron chi connectivity index (χ1n) is 13.2. The molecule has 1 aromatic carbocycles. The third-order valence-electron chi connectivity index (χ3n) is 7.09. The van der Waals surface area contributed by atoms with Crippen LogP contribution in [0.25, 0.3) is 22.5 Å². The van der Waals surface area contributed by atoms with Crippen LogP contribution in [0.3, 0.4) is 0 Å². The molecule has 18 heteroatoms. The number of anilines is 1. The first-order chi connectivity index (χ1) is 20.7. The third-order valence-corrected chi connectivity index (χ3v) is 8.33. The van der Waals surface area contributed by atoms with E-state index >= 15 is 0 Å². The zero-order valence-corrected chi connectivity index (χ0v) is 26.1. The van der Waals surface area contributed by atoms with E-state index in [1.807, 2.05) is 6.20 Å². The molecule has 44 heavy (non-hydrogen) atoms. The predicted octanol–water partition coefficient (Wildman–Crippen LogP) is 3.61. The van der Waals surface area contributed by atoms with E-state index in [0.717, 1.165) is 5.56 Å². The second-order valence-corrected chi connectivity index (χ2v) is 12.0. The molecular formula is C26H24B5ClFN6O4P. The Morgan fingerprint density at radius 1 is 1.16 bits per heavy atom. The molecule has 4 aromatic rings. The molecular weight excluding hydrogens is 600 g/mol. The number of aryl methyl sites for hydroxylation is 1. The molecule has 10 radical (unpaired) electrons. The monoisotopic (exact) mass is 624 g/mol. The molecule has 5 rings (SSSR count). The van der Waals surface area contributed by atoms with Crippen LogP contribution in [0.2, 0.25) is 10.3 Å². The van der Waals surface area contributed by atoms with Gasteiger partial charge in [0.05, 0.1) is 50.6 Å². The minimum atomic E-state index is -2.12. The van der Waals surface area contributed by atoms with Crippen LogP contribution in [0.5, 0.6) is 5.75 Å². The zero-order chi connectivity index (χ0) is 32.0. The van der Waals surface area contributed by atoms with Gasteiger partial charge in [-0.2, -0.15) is 10.2 Å². The Labute approximate surface area is 267 Å². The van der Waals surface area contributed by atoms with Crippen molar-refractivity contribution in [2.45, 2.75) is 29.9 Å². The lowest BCUT2D eigenvalue weighted by atomic mass is 9.26. The van der Waals surface area contributed by atoms with Gasteiger partial charge >= 0.3 is 8.60 Å². The van der Waals surface area contributed by atoms with Crippen LogP contribution in [0.1, 0.15) is 29.7 Å². The number of hydrogen-bond donors (Lipinski definition) is 1. The van der Waals surface area contributed by atoms with Crippen molar-refractivity contribution in [3.05, 3.63) is 64.3 Å². The molecule has 4 heterocycles. The first kappa shape index (κ1) is 32.6. The van der Waals surface area contributed by atoms with Gasteiger partial charge in [-0.25, -0.2) is 9.37 Å². The Balaban J connectivity index is 1.75. The molecule has 1 N–H and O–H groups in total. The Hall–Kier alpha value is -2.76. The largest absolute Gasteiger partial charge is 0.482 e. The lowest BCUT2D eigenvalue weighted by molar-refractivity contribution is 0.214. The number of pyridine rings is 1. The van der Waals surface area contributed by atoms with Crippen LogP contribution < -0.4 is 10.1 Å². The van der Waals surface area contributed by atoms with Crippen LogP contribution in [-0.4, -0.2) is 84.7 Å². The van der Waals surface area contributed by atoms with Crippen molar-refractivity contribution in [1.29, 1.82) is 0 Å². The van der Waals surface area contributed by atoms with Gasteiger partial charge in [-0.05, 0) is 36.5 Å². The van der Waals surface area contributed by atoms with Crippen molar-refractivity contribution in [3.8, 4) is 28.3 Å². The first-order valence-corrected chi connectivity index (χ1v) is 14.7. The average molecular weight is 624 g/mol. The van der Waals surface area contributed by atoms with Gasteiger partial charge in [0.15, 0.2) is 16.7 Å². The van der Waals surface area contributed by atoms with Gasteiger partial charge in [-0.3, -0.25) is 13.9 Å². The minimum Gasteiger partial charge on any atom is -0.482 e. The van der Waals surface area contributed by atoms with Crippen LogP contribution >= 0.6 is 20.2 Å². The standard InChI is InChI=1S/C26H24B5ClFN6O4P/c1-13-18-9-16(33)5-6-17(18)21-15(11-38(2)36-21)7-19-22(39(37-23(19)32)26(30,31)25(27,28)29)14-8-20(43-13)24(34-10-14)35-12-42-44(40-3)41-4/h5-6,8-11,13H,7,12H2,1-4H3,(H,34,35)/t13-/m1/s1. The number of rotatable bonds is 8. The van der Waals surface area contributed by atoms with E-state index < -0.39 is 31.0 Å². The van der Waals surface area contributed by atoms with Crippen LogP contribution in [0.4, 0.5) is 10.2 Å². The van der Waals surface area contributed by atoms with Gasteiger partial charge in [0, 0.05) is 67.9 Å². The summed E-state index contributed by atoms with van der Waals surface area (Å²) in [5, 5.41) is 8.01. The van der Waals surface area contributed by atoms with Gasteiger partial charge in [0.25, 0.3) is 0 Å². The number of benzene rings is 1. The molecule has 0 fully saturated rings. The van der Waals surface area contributed by atoms with E-state index in [0.29, 0.717) is 39.5 Å². The third kappa shape index (κ3) is 6.20. The number of fused-ring (bicyclic) bond motifs is 7. The van der Waals surface area contributed by atoms with Gasteiger partial charge in [0.2, 0.25) is 0 Å². The zero-order valence-electron chi connectivity index (χ0n) is 24.4. The quantitative estimate of drug-likeness (QED) is 0.181. The molecule has 2 bridgehead atoms. The highest BCUT2D eigenvalue weighted by atomic mass is 35.5. The number of aromatic nitrogens is 5. The van der Waals surface area contributed by atoms with Gasteiger partial charge < -0.3 is 19.1 Å². The average Bonchev–Trinajstić information content (AvgIpc) is 3.49. The molecule has 0 saturated heterocycles. The summed E-state index contributed by atoms with van der Waals surface area (Å²) in [5.74, 6) is 0.133. The summed E-state index contributed by atoms with van der Waals surface area (Å²) in [5.41, 5.74) is 3.85. The molecule has 216 valence electrons. The van der Waals surface area contributed by atoms with E-state index in [1.54, 1.807) is 30.8 Å². The van der Waals surface area contributed by atoms with E-state index in [-0.39, 0.29) is 24.1 Å². The van der Waals surface area contributed by atoms with Crippen molar-refractivity contribution in [2.75, 3.05) is 26.3 Å². The SMILES string of the molecule is [B]C([B])([B])C([B])([B])n1nc(Cl)c2c1-c1cnc(NCOP(OC)OC)c(c1)O[C@H](C)c1cc(F)ccc1-c1nn(C)cc1C2. The summed E-state index contributed by atoms with van der Waals surface area (Å²) in [6.07, 6.45) is 2.91. The smallest absolute Gasteiger partial charge is 0.333 e. The number of hydrogen-bond acceptors (Lipinski definition) is 8. The van der Waals surface area contributed by atoms with E-state index in [9.17, 15) is 4.39 Å². The highest BCUT2D eigenvalue weighted by Gasteiger charge is 2.37. The van der Waals surface area contributed by atoms with Crippen molar-refractivity contribution >= 4 is 65.3 Å².